The van der Waals surface area contributed by atoms with Crippen molar-refractivity contribution in [3.63, 3.8) is 0 Å². The van der Waals surface area contributed by atoms with Crippen molar-refractivity contribution in [1.29, 1.82) is 0 Å². The molecule has 3 aromatic rings. The van der Waals surface area contributed by atoms with Gasteiger partial charge in [-0.2, -0.15) is 0 Å². The predicted molar refractivity (Wildman–Crippen MR) is 125 cm³/mol. The Morgan fingerprint density at radius 2 is 1.88 bits per heavy atom. The Morgan fingerprint density at radius 3 is 2.62 bits per heavy atom. The molecular formula is C25H20ClFN2O2S. The van der Waals surface area contributed by atoms with Crippen LogP contribution in [0.15, 0.2) is 66.7 Å². The number of carbonyl (C=O) groups excluding carboxylic acids is 2. The fourth-order valence-corrected chi connectivity index (χ4v) is 6.02. The van der Waals surface area contributed by atoms with Crippen molar-refractivity contribution >= 4 is 40.9 Å². The number of amides is 2. The highest BCUT2D eigenvalue weighted by Crippen LogP contribution is 2.55. The highest BCUT2D eigenvalue weighted by atomic mass is 35.5. The van der Waals surface area contributed by atoms with E-state index in [1.54, 1.807) is 29.2 Å². The number of fused-ring (bicyclic) bond motifs is 2. The van der Waals surface area contributed by atoms with Crippen LogP contribution in [0, 0.1) is 12.7 Å². The first kappa shape index (κ1) is 21.0. The lowest BCUT2D eigenvalue weighted by atomic mass is 10.0. The summed E-state index contributed by atoms with van der Waals surface area (Å²) in [6.45, 7) is 2.73. The molecule has 1 atom stereocenters. The molecule has 0 saturated carbocycles. The first-order valence-corrected chi connectivity index (χ1v) is 11.7. The summed E-state index contributed by atoms with van der Waals surface area (Å²) in [5.41, 5.74) is 3.48. The second kappa shape index (κ2) is 7.94. The molecule has 1 saturated heterocycles. The zero-order chi connectivity index (χ0) is 22.5. The minimum atomic E-state index is -1.26. The maximum Gasteiger partial charge on any atom is 0.268 e. The molecule has 32 heavy (non-hydrogen) atoms. The third kappa shape index (κ3) is 3.21. The standard InChI is InChI=1S/C25H20ClFN2O2S/c1-16-6-8-17(9-7-16)15-28-22-11-10-18(26)14-20(22)25(24(28)31)29(12-13-32-25)23(30)19-4-2-3-5-21(19)27/h2-11,14H,12-13,15H2,1H3/t25-/m1/s1. The van der Waals surface area contributed by atoms with Gasteiger partial charge in [-0.15, -0.1) is 11.8 Å². The fraction of sp³-hybridized carbons (Fsp3) is 0.200. The Bertz CT molecular complexity index is 1230. The summed E-state index contributed by atoms with van der Waals surface area (Å²) in [6, 6.07) is 19.2. The number of thioether (sulfide) groups is 1. The number of anilines is 1. The monoisotopic (exact) mass is 466 g/mol. The van der Waals surface area contributed by atoms with E-state index in [1.807, 2.05) is 37.3 Å². The molecule has 0 unspecified atom stereocenters. The van der Waals surface area contributed by atoms with Gasteiger partial charge in [-0.1, -0.05) is 53.6 Å². The fourth-order valence-electron chi connectivity index (χ4n) is 4.40. The molecule has 1 spiro atoms. The van der Waals surface area contributed by atoms with Gasteiger partial charge < -0.3 is 9.80 Å². The maximum absolute atomic E-state index is 14.5. The van der Waals surface area contributed by atoms with E-state index in [-0.39, 0.29) is 11.5 Å². The molecule has 3 aromatic carbocycles. The normalized spacial score (nSPS) is 19.7. The molecule has 0 radical (unpaired) electrons. The quantitative estimate of drug-likeness (QED) is 0.520. The van der Waals surface area contributed by atoms with Gasteiger partial charge >= 0.3 is 0 Å². The minimum absolute atomic E-state index is 0.0391. The summed E-state index contributed by atoms with van der Waals surface area (Å²) in [5, 5.41) is 0.485. The maximum atomic E-state index is 14.5. The van der Waals surface area contributed by atoms with Crippen LogP contribution in [-0.2, 0) is 16.2 Å². The van der Waals surface area contributed by atoms with E-state index >= 15 is 0 Å². The first-order chi connectivity index (χ1) is 15.4. The van der Waals surface area contributed by atoms with Gasteiger partial charge in [-0.3, -0.25) is 9.59 Å². The highest BCUT2D eigenvalue weighted by molar-refractivity contribution is 8.01. The molecular weight excluding hydrogens is 447 g/mol. The van der Waals surface area contributed by atoms with Gasteiger partial charge in [0.25, 0.3) is 11.8 Å². The van der Waals surface area contributed by atoms with Crippen LogP contribution in [0.25, 0.3) is 0 Å². The third-order valence-corrected chi connectivity index (χ3v) is 7.62. The highest BCUT2D eigenvalue weighted by Gasteiger charge is 2.59. The number of hydrogen-bond donors (Lipinski definition) is 0. The van der Waals surface area contributed by atoms with E-state index in [0.29, 0.717) is 29.4 Å². The number of rotatable bonds is 3. The van der Waals surface area contributed by atoms with Crippen molar-refractivity contribution in [1.82, 2.24) is 4.90 Å². The van der Waals surface area contributed by atoms with Crippen molar-refractivity contribution in [2.45, 2.75) is 18.3 Å². The molecule has 2 aliphatic heterocycles. The van der Waals surface area contributed by atoms with Crippen LogP contribution < -0.4 is 4.90 Å². The number of benzene rings is 3. The number of halogens is 2. The Morgan fingerprint density at radius 1 is 1.12 bits per heavy atom. The summed E-state index contributed by atoms with van der Waals surface area (Å²) < 4.78 is 14.5. The molecule has 2 heterocycles. The molecule has 1 fully saturated rings. The largest absolute Gasteiger partial charge is 0.311 e. The number of nitrogens with zero attached hydrogens (tertiary/aromatic N) is 2. The topological polar surface area (TPSA) is 40.6 Å². The van der Waals surface area contributed by atoms with Gasteiger partial charge in [0.2, 0.25) is 0 Å². The van der Waals surface area contributed by atoms with Crippen molar-refractivity contribution in [2.24, 2.45) is 0 Å². The molecule has 2 amide bonds. The second-order valence-electron chi connectivity index (χ2n) is 7.97. The lowest BCUT2D eigenvalue weighted by Crippen LogP contribution is -2.50. The molecule has 4 nitrogen and oxygen atoms in total. The smallest absolute Gasteiger partial charge is 0.268 e. The van der Waals surface area contributed by atoms with Crippen LogP contribution in [-0.4, -0.2) is 29.0 Å². The van der Waals surface area contributed by atoms with Crippen LogP contribution >= 0.6 is 23.4 Å². The summed E-state index contributed by atoms with van der Waals surface area (Å²) in [6.07, 6.45) is 0. The van der Waals surface area contributed by atoms with Gasteiger partial charge in [0, 0.05) is 22.9 Å². The minimum Gasteiger partial charge on any atom is -0.311 e. The van der Waals surface area contributed by atoms with Crippen LogP contribution in [0.2, 0.25) is 5.02 Å². The third-order valence-electron chi connectivity index (χ3n) is 5.97. The molecule has 2 aliphatic rings. The second-order valence-corrected chi connectivity index (χ2v) is 9.69. The number of aryl methyl sites for hydroxylation is 1. The van der Waals surface area contributed by atoms with E-state index in [1.165, 1.54) is 28.8 Å². The Balaban J connectivity index is 1.60. The van der Waals surface area contributed by atoms with E-state index in [4.69, 9.17) is 11.6 Å². The Kier molecular flexibility index (Phi) is 5.22. The molecule has 0 N–H and O–H groups in total. The zero-order valence-corrected chi connectivity index (χ0v) is 18.9. The summed E-state index contributed by atoms with van der Waals surface area (Å²) >= 11 is 7.72. The van der Waals surface area contributed by atoms with E-state index in [0.717, 1.165) is 16.8 Å². The van der Waals surface area contributed by atoms with Crippen molar-refractivity contribution < 1.29 is 14.0 Å². The predicted octanol–water partition coefficient (Wildman–Crippen LogP) is 5.38. The van der Waals surface area contributed by atoms with E-state index in [9.17, 15) is 14.0 Å². The van der Waals surface area contributed by atoms with Crippen molar-refractivity contribution in [3.8, 4) is 0 Å². The van der Waals surface area contributed by atoms with Gasteiger partial charge in [-0.25, -0.2) is 4.39 Å². The number of carbonyl (C=O) groups is 2. The summed E-state index contributed by atoms with van der Waals surface area (Å²) in [5.74, 6) is -0.735. The molecule has 7 heteroatoms. The van der Waals surface area contributed by atoms with E-state index in [2.05, 4.69) is 0 Å². The van der Waals surface area contributed by atoms with E-state index < -0.39 is 16.6 Å². The van der Waals surface area contributed by atoms with Gasteiger partial charge in [0.15, 0.2) is 4.87 Å². The average molecular weight is 467 g/mol. The summed E-state index contributed by atoms with van der Waals surface area (Å²) in [4.78, 5) is 29.4. The Hall–Kier alpha value is -2.83. The van der Waals surface area contributed by atoms with Crippen LogP contribution in [0.5, 0.6) is 0 Å². The molecule has 0 aliphatic carbocycles. The van der Waals surface area contributed by atoms with Crippen molar-refractivity contribution in [2.75, 3.05) is 17.2 Å². The van der Waals surface area contributed by atoms with Gasteiger partial charge in [0.05, 0.1) is 17.8 Å². The zero-order valence-electron chi connectivity index (χ0n) is 17.3. The van der Waals surface area contributed by atoms with Gasteiger partial charge in [-0.05, 0) is 42.8 Å². The lowest BCUT2D eigenvalue weighted by Gasteiger charge is -2.33. The SMILES string of the molecule is Cc1ccc(CN2C(=O)[C@]3(SCCN3C(=O)c3ccccc3F)c3cc(Cl)ccc32)cc1. The first-order valence-electron chi connectivity index (χ1n) is 10.3. The number of hydrogen-bond acceptors (Lipinski definition) is 3. The average Bonchev–Trinajstić information content (AvgIpc) is 3.32. The summed E-state index contributed by atoms with van der Waals surface area (Å²) in [7, 11) is 0. The lowest BCUT2D eigenvalue weighted by molar-refractivity contribution is -0.123. The molecule has 0 bridgehead atoms. The molecule has 5 rings (SSSR count). The van der Waals surface area contributed by atoms with Crippen LogP contribution in [0.4, 0.5) is 10.1 Å². The van der Waals surface area contributed by atoms with Gasteiger partial charge in [0.1, 0.15) is 5.82 Å². The van der Waals surface area contributed by atoms with Crippen molar-refractivity contribution in [3.05, 3.63) is 99.8 Å². The van der Waals surface area contributed by atoms with Crippen LogP contribution in [0.1, 0.15) is 27.0 Å². The molecule has 162 valence electrons. The molecule has 0 aromatic heterocycles. The Labute approximate surface area is 195 Å². The van der Waals surface area contributed by atoms with Crippen LogP contribution in [0.3, 0.4) is 0 Å².